The first-order valence-corrected chi connectivity index (χ1v) is 9.39. The third-order valence-electron chi connectivity index (χ3n) is 4.58. The number of hydrogen-bond acceptors (Lipinski definition) is 6. The van der Waals surface area contributed by atoms with E-state index >= 15 is 0 Å². The number of para-hydroxylation sites is 3. The topological polar surface area (TPSA) is 119 Å². The molecule has 9 nitrogen and oxygen atoms in total. The van der Waals surface area contributed by atoms with Crippen molar-refractivity contribution >= 4 is 28.2 Å². The van der Waals surface area contributed by atoms with Crippen LogP contribution < -0.4 is 16.3 Å². The first-order valence-electron chi connectivity index (χ1n) is 9.39. The molecule has 31 heavy (non-hydrogen) atoms. The lowest BCUT2D eigenvalue weighted by atomic mass is 10.2. The predicted octanol–water partition coefficient (Wildman–Crippen LogP) is 3.15. The van der Waals surface area contributed by atoms with E-state index in [0.29, 0.717) is 16.5 Å². The highest BCUT2D eigenvalue weighted by Crippen LogP contribution is 2.23. The first kappa shape index (κ1) is 19.8. The Labute approximate surface area is 176 Å². The summed E-state index contributed by atoms with van der Waals surface area (Å²) in [5, 5.41) is 14.2. The van der Waals surface area contributed by atoms with Crippen LogP contribution in [0.5, 0.6) is 0 Å². The van der Waals surface area contributed by atoms with Crippen molar-refractivity contribution in [3.05, 3.63) is 99.3 Å². The molecule has 1 amide bonds. The second kappa shape index (κ2) is 8.46. The van der Waals surface area contributed by atoms with E-state index in [1.807, 2.05) is 6.07 Å². The Morgan fingerprint density at radius 1 is 0.968 bits per heavy atom. The van der Waals surface area contributed by atoms with E-state index in [1.165, 1.54) is 18.2 Å². The molecule has 4 aromatic rings. The van der Waals surface area contributed by atoms with Crippen molar-refractivity contribution in [2.75, 3.05) is 17.3 Å². The summed E-state index contributed by atoms with van der Waals surface area (Å²) in [6.45, 7) is -0.279. The maximum Gasteiger partial charge on any atom is 0.292 e. The summed E-state index contributed by atoms with van der Waals surface area (Å²) in [4.78, 5) is 40.8. The maximum absolute atomic E-state index is 13.1. The second-order valence-corrected chi connectivity index (χ2v) is 6.62. The van der Waals surface area contributed by atoms with Crippen LogP contribution in [0.1, 0.15) is 0 Å². The van der Waals surface area contributed by atoms with Crippen LogP contribution in [-0.4, -0.2) is 27.0 Å². The van der Waals surface area contributed by atoms with Crippen LogP contribution in [0, 0.1) is 10.1 Å². The van der Waals surface area contributed by atoms with Crippen LogP contribution in [-0.2, 0) is 4.79 Å². The third-order valence-corrected chi connectivity index (χ3v) is 4.58. The van der Waals surface area contributed by atoms with Gasteiger partial charge in [-0.15, -0.1) is 0 Å². The van der Waals surface area contributed by atoms with Crippen molar-refractivity contribution in [2.24, 2.45) is 0 Å². The van der Waals surface area contributed by atoms with Gasteiger partial charge in [0.2, 0.25) is 0 Å². The normalized spacial score (nSPS) is 10.6. The Kier molecular flexibility index (Phi) is 5.39. The molecule has 0 aliphatic carbocycles. The number of nitro groups is 1. The zero-order valence-electron chi connectivity index (χ0n) is 16.2. The average Bonchev–Trinajstić information content (AvgIpc) is 2.80. The minimum Gasteiger partial charge on any atom is -0.371 e. The van der Waals surface area contributed by atoms with Gasteiger partial charge in [-0.2, -0.15) is 4.68 Å². The third kappa shape index (κ3) is 4.10. The molecule has 0 radical (unpaired) electrons. The van der Waals surface area contributed by atoms with E-state index in [0.717, 1.165) is 4.68 Å². The molecule has 0 saturated carbocycles. The van der Waals surface area contributed by atoms with Gasteiger partial charge in [0, 0.05) is 11.6 Å². The SMILES string of the molecule is O=C(CNc1ccccc1[N+](=O)[O-])Nn1c(-c2ccccc2)nc2ccccc2c1=O. The molecule has 0 spiro atoms. The highest BCUT2D eigenvalue weighted by molar-refractivity contribution is 5.89. The van der Waals surface area contributed by atoms with Crippen LogP contribution >= 0.6 is 0 Å². The number of nitrogens with zero attached hydrogens (tertiary/aromatic N) is 3. The molecule has 154 valence electrons. The van der Waals surface area contributed by atoms with Crippen molar-refractivity contribution < 1.29 is 9.72 Å². The molecule has 4 rings (SSSR count). The van der Waals surface area contributed by atoms with Crippen LogP contribution in [0.3, 0.4) is 0 Å². The molecule has 1 heterocycles. The summed E-state index contributed by atoms with van der Waals surface area (Å²) in [7, 11) is 0. The average molecular weight is 415 g/mol. The lowest BCUT2D eigenvalue weighted by Gasteiger charge is -2.15. The van der Waals surface area contributed by atoms with E-state index in [1.54, 1.807) is 54.6 Å². The Hall–Kier alpha value is -4.53. The lowest BCUT2D eigenvalue weighted by Crippen LogP contribution is -2.37. The fraction of sp³-hybridized carbons (Fsp3) is 0.0455. The van der Waals surface area contributed by atoms with Gasteiger partial charge in [-0.1, -0.05) is 54.6 Å². The molecule has 0 atom stereocenters. The molecule has 0 saturated heterocycles. The summed E-state index contributed by atoms with van der Waals surface area (Å²) >= 11 is 0. The summed E-state index contributed by atoms with van der Waals surface area (Å²) in [5.74, 6) is -0.280. The van der Waals surface area contributed by atoms with Crippen molar-refractivity contribution in [2.45, 2.75) is 0 Å². The molecule has 0 aliphatic rings. The number of carbonyl (C=O) groups is 1. The molecule has 9 heteroatoms. The molecular formula is C22H17N5O4. The number of anilines is 1. The van der Waals surface area contributed by atoms with Gasteiger partial charge in [-0.25, -0.2) is 4.98 Å². The zero-order valence-corrected chi connectivity index (χ0v) is 16.2. The second-order valence-electron chi connectivity index (χ2n) is 6.62. The van der Waals surface area contributed by atoms with Gasteiger partial charge in [-0.05, 0) is 18.2 Å². The predicted molar refractivity (Wildman–Crippen MR) is 117 cm³/mol. The lowest BCUT2D eigenvalue weighted by molar-refractivity contribution is -0.383. The highest BCUT2D eigenvalue weighted by Gasteiger charge is 2.16. The van der Waals surface area contributed by atoms with Gasteiger partial charge in [0.05, 0.1) is 22.4 Å². The summed E-state index contributed by atoms with van der Waals surface area (Å²) in [6.07, 6.45) is 0. The van der Waals surface area contributed by atoms with Gasteiger partial charge in [0.15, 0.2) is 5.82 Å². The van der Waals surface area contributed by atoms with Crippen LogP contribution in [0.15, 0.2) is 83.7 Å². The summed E-state index contributed by atoms with van der Waals surface area (Å²) in [5.41, 5.74) is 3.35. The minimum absolute atomic E-state index is 0.148. The number of rotatable bonds is 6. The summed E-state index contributed by atoms with van der Waals surface area (Å²) < 4.78 is 1.10. The van der Waals surface area contributed by atoms with Crippen molar-refractivity contribution in [3.63, 3.8) is 0 Å². The smallest absolute Gasteiger partial charge is 0.292 e. The standard InChI is InChI=1S/C22H17N5O4/c28-20(14-23-18-12-6-7-13-19(18)27(30)31)25-26-21(15-8-2-1-3-9-15)24-17-11-5-4-10-16(17)22(26)29/h1-13,23H,14H2,(H,25,28). The van der Waals surface area contributed by atoms with E-state index in [9.17, 15) is 19.7 Å². The number of fused-ring (bicyclic) bond motifs is 1. The van der Waals surface area contributed by atoms with Gasteiger partial charge in [0.25, 0.3) is 17.2 Å². The highest BCUT2D eigenvalue weighted by atomic mass is 16.6. The largest absolute Gasteiger partial charge is 0.371 e. The quantitative estimate of drug-likeness (QED) is 0.369. The van der Waals surface area contributed by atoms with E-state index in [4.69, 9.17) is 0 Å². The maximum atomic E-state index is 13.1. The number of benzene rings is 3. The number of hydrogen-bond donors (Lipinski definition) is 2. The van der Waals surface area contributed by atoms with Crippen molar-refractivity contribution in [1.82, 2.24) is 9.66 Å². The number of nitro benzene ring substituents is 1. The molecule has 0 unspecified atom stereocenters. The van der Waals surface area contributed by atoms with E-state index < -0.39 is 16.4 Å². The van der Waals surface area contributed by atoms with Crippen LogP contribution in [0.25, 0.3) is 22.3 Å². The van der Waals surface area contributed by atoms with Crippen LogP contribution in [0.4, 0.5) is 11.4 Å². The van der Waals surface area contributed by atoms with Crippen LogP contribution in [0.2, 0.25) is 0 Å². The van der Waals surface area contributed by atoms with E-state index in [-0.39, 0.29) is 23.7 Å². The fourth-order valence-electron chi connectivity index (χ4n) is 3.14. The molecule has 2 N–H and O–H groups in total. The van der Waals surface area contributed by atoms with Gasteiger partial charge < -0.3 is 5.32 Å². The Bertz CT molecular complexity index is 1330. The molecule has 0 aliphatic heterocycles. The number of nitrogens with one attached hydrogen (secondary N) is 2. The van der Waals surface area contributed by atoms with Gasteiger partial charge in [0.1, 0.15) is 5.69 Å². The first-order chi connectivity index (χ1) is 15.0. The zero-order chi connectivity index (χ0) is 21.8. The van der Waals surface area contributed by atoms with Crippen molar-refractivity contribution in [1.29, 1.82) is 0 Å². The molecule has 0 fully saturated rings. The summed E-state index contributed by atoms with van der Waals surface area (Å²) in [6, 6.07) is 21.9. The van der Waals surface area contributed by atoms with Gasteiger partial charge >= 0.3 is 0 Å². The van der Waals surface area contributed by atoms with Crippen molar-refractivity contribution in [3.8, 4) is 11.4 Å². The molecule has 0 bridgehead atoms. The Balaban J connectivity index is 1.66. The number of amides is 1. The number of carbonyl (C=O) groups excluding carboxylic acids is 1. The Morgan fingerprint density at radius 3 is 2.42 bits per heavy atom. The minimum atomic E-state index is -0.561. The number of aromatic nitrogens is 2. The fourth-order valence-corrected chi connectivity index (χ4v) is 3.14. The van der Waals surface area contributed by atoms with E-state index in [2.05, 4.69) is 15.7 Å². The Morgan fingerprint density at radius 2 is 1.65 bits per heavy atom. The molecule has 1 aromatic heterocycles. The molecule has 3 aromatic carbocycles. The monoisotopic (exact) mass is 415 g/mol. The molecular weight excluding hydrogens is 398 g/mol. The van der Waals surface area contributed by atoms with Gasteiger partial charge in [-0.3, -0.25) is 25.1 Å².